The molecule has 0 fully saturated rings. The van der Waals surface area contributed by atoms with Crippen molar-refractivity contribution in [1.82, 2.24) is 10.3 Å². The number of anilines is 1. The van der Waals surface area contributed by atoms with E-state index >= 15 is 0 Å². The van der Waals surface area contributed by atoms with E-state index in [4.69, 9.17) is 5.11 Å². The summed E-state index contributed by atoms with van der Waals surface area (Å²) in [6.45, 7) is 0. The van der Waals surface area contributed by atoms with Crippen LogP contribution in [0.25, 0.3) is 0 Å². The van der Waals surface area contributed by atoms with E-state index in [2.05, 4.69) is 10.3 Å². The first-order chi connectivity index (χ1) is 6.77. The maximum absolute atomic E-state index is 11.4. The normalized spacial score (nSPS) is 20.8. The van der Waals surface area contributed by atoms with Crippen molar-refractivity contribution in [3.8, 4) is 0 Å². The van der Waals surface area contributed by atoms with Gasteiger partial charge in [0.05, 0.1) is 0 Å². The maximum atomic E-state index is 11.4. The Labute approximate surface area is 80.7 Å². The van der Waals surface area contributed by atoms with Crippen molar-refractivity contribution in [2.45, 2.75) is 6.23 Å². The fourth-order valence-electron chi connectivity index (χ4n) is 1.16. The summed E-state index contributed by atoms with van der Waals surface area (Å²) in [4.78, 5) is 16.7. The van der Waals surface area contributed by atoms with Gasteiger partial charge in [0.25, 0.3) is 0 Å². The van der Waals surface area contributed by atoms with Gasteiger partial charge in [0.15, 0.2) is 0 Å². The number of aliphatic hydroxyl groups excluding tert-OH is 1. The number of rotatable bonds is 1. The van der Waals surface area contributed by atoms with Crippen LogP contribution in [0.3, 0.4) is 0 Å². The molecule has 2 amide bonds. The second-order valence-corrected chi connectivity index (χ2v) is 2.79. The minimum absolute atomic E-state index is 0.390. The lowest BCUT2D eigenvalue weighted by Gasteiger charge is -2.23. The molecule has 1 atom stereocenters. The zero-order valence-electron chi connectivity index (χ0n) is 7.29. The molecule has 14 heavy (non-hydrogen) atoms. The Hall–Kier alpha value is -1.88. The van der Waals surface area contributed by atoms with Crippen molar-refractivity contribution >= 4 is 11.8 Å². The molecule has 2 heterocycles. The lowest BCUT2D eigenvalue weighted by molar-refractivity contribution is 0.178. The lowest BCUT2D eigenvalue weighted by Crippen LogP contribution is -2.45. The fraction of sp³-hybridized carbons (Fsp3) is 0.111. The van der Waals surface area contributed by atoms with Crippen LogP contribution in [0.1, 0.15) is 0 Å². The molecule has 0 aliphatic carbocycles. The largest absolute Gasteiger partial charge is 0.370 e. The Bertz CT molecular complexity index is 364. The molecule has 2 N–H and O–H groups in total. The summed E-state index contributed by atoms with van der Waals surface area (Å²) in [5.41, 5.74) is 0. The minimum Gasteiger partial charge on any atom is -0.370 e. The average Bonchev–Trinajstić information content (AvgIpc) is 2.19. The van der Waals surface area contributed by atoms with E-state index < -0.39 is 12.3 Å². The highest BCUT2D eigenvalue weighted by Crippen LogP contribution is 2.12. The molecule has 0 radical (unpaired) electrons. The molecule has 1 aromatic rings. The number of hydrogen-bond acceptors (Lipinski definition) is 3. The summed E-state index contributed by atoms with van der Waals surface area (Å²) in [7, 11) is 0. The van der Waals surface area contributed by atoms with E-state index in [-0.39, 0.29) is 0 Å². The first kappa shape index (κ1) is 8.71. The van der Waals surface area contributed by atoms with Gasteiger partial charge in [-0.1, -0.05) is 6.07 Å². The van der Waals surface area contributed by atoms with Gasteiger partial charge in [-0.3, -0.25) is 4.90 Å². The summed E-state index contributed by atoms with van der Waals surface area (Å²) in [5, 5.41) is 11.4. The second-order valence-electron chi connectivity index (χ2n) is 2.79. The number of carbonyl (C=O) groups excluding carboxylic acids is 1. The van der Waals surface area contributed by atoms with E-state index in [1.165, 1.54) is 17.2 Å². The van der Waals surface area contributed by atoms with Gasteiger partial charge in [-0.15, -0.1) is 0 Å². The topological polar surface area (TPSA) is 65.5 Å². The quantitative estimate of drug-likeness (QED) is 0.677. The van der Waals surface area contributed by atoms with Gasteiger partial charge in [0, 0.05) is 12.4 Å². The number of nitrogens with one attached hydrogen (secondary N) is 1. The summed E-state index contributed by atoms with van der Waals surface area (Å²) in [5.74, 6) is 0.521. The molecule has 72 valence electrons. The molecule has 0 saturated heterocycles. The van der Waals surface area contributed by atoms with E-state index in [0.29, 0.717) is 5.82 Å². The van der Waals surface area contributed by atoms with Crippen molar-refractivity contribution in [2.75, 3.05) is 4.90 Å². The minimum atomic E-state index is -0.914. The van der Waals surface area contributed by atoms with Crippen LogP contribution >= 0.6 is 0 Å². The number of aliphatic hydroxyl groups is 1. The predicted molar refractivity (Wildman–Crippen MR) is 50.4 cm³/mol. The number of amides is 2. The van der Waals surface area contributed by atoms with Crippen molar-refractivity contribution in [3.63, 3.8) is 0 Å². The third-order valence-electron chi connectivity index (χ3n) is 1.80. The average molecular weight is 191 g/mol. The highest BCUT2D eigenvalue weighted by molar-refractivity contribution is 5.93. The molecule has 5 heteroatoms. The monoisotopic (exact) mass is 191 g/mol. The summed E-state index contributed by atoms with van der Waals surface area (Å²) in [6, 6.07) is 4.87. The highest BCUT2D eigenvalue weighted by atomic mass is 16.3. The van der Waals surface area contributed by atoms with Crippen LogP contribution in [0.15, 0.2) is 36.7 Å². The van der Waals surface area contributed by atoms with Gasteiger partial charge in [0.1, 0.15) is 12.0 Å². The van der Waals surface area contributed by atoms with Gasteiger partial charge in [-0.2, -0.15) is 0 Å². The van der Waals surface area contributed by atoms with E-state index in [1.807, 2.05) is 0 Å². The number of urea groups is 1. The molecule has 0 spiro atoms. The number of carbonyl (C=O) groups is 1. The van der Waals surface area contributed by atoms with E-state index in [0.717, 1.165) is 0 Å². The smallest absolute Gasteiger partial charge is 0.329 e. The first-order valence-corrected chi connectivity index (χ1v) is 4.14. The maximum Gasteiger partial charge on any atom is 0.329 e. The SMILES string of the molecule is O=C1NC(O)C=CN1c1ccccn1. The summed E-state index contributed by atoms with van der Waals surface area (Å²) >= 11 is 0. The molecular formula is C9H9N3O2. The molecule has 1 aliphatic rings. The molecular weight excluding hydrogens is 182 g/mol. The number of pyridine rings is 1. The van der Waals surface area contributed by atoms with Crippen molar-refractivity contribution in [2.24, 2.45) is 0 Å². The van der Waals surface area contributed by atoms with Crippen LogP contribution in [-0.2, 0) is 0 Å². The Morgan fingerprint density at radius 3 is 3.00 bits per heavy atom. The van der Waals surface area contributed by atoms with Crippen molar-refractivity contribution < 1.29 is 9.90 Å². The molecule has 1 aliphatic heterocycles. The predicted octanol–water partition coefficient (Wildman–Crippen LogP) is 0.443. The van der Waals surface area contributed by atoms with Crippen LogP contribution in [0.2, 0.25) is 0 Å². The van der Waals surface area contributed by atoms with Crippen LogP contribution in [0.5, 0.6) is 0 Å². The Kier molecular flexibility index (Phi) is 2.16. The third kappa shape index (κ3) is 1.57. The van der Waals surface area contributed by atoms with Gasteiger partial charge in [0.2, 0.25) is 0 Å². The lowest BCUT2D eigenvalue weighted by atomic mass is 10.4. The Morgan fingerprint density at radius 1 is 1.50 bits per heavy atom. The molecule has 0 saturated carbocycles. The number of aromatic nitrogens is 1. The number of hydrogen-bond donors (Lipinski definition) is 2. The van der Waals surface area contributed by atoms with Gasteiger partial charge in [-0.05, 0) is 18.2 Å². The first-order valence-electron chi connectivity index (χ1n) is 4.14. The van der Waals surface area contributed by atoms with Crippen LogP contribution in [-0.4, -0.2) is 22.3 Å². The highest BCUT2D eigenvalue weighted by Gasteiger charge is 2.19. The van der Waals surface area contributed by atoms with Gasteiger partial charge in [-0.25, -0.2) is 9.78 Å². The summed E-state index contributed by atoms with van der Waals surface area (Å²) in [6.07, 6.45) is 3.64. The van der Waals surface area contributed by atoms with Crippen LogP contribution < -0.4 is 10.2 Å². The van der Waals surface area contributed by atoms with Crippen molar-refractivity contribution in [1.29, 1.82) is 0 Å². The van der Waals surface area contributed by atoms with Crippen LogP contribution in [0, 0.1) is 0 Å². The summed E-state index contributed by atoms with van der Waals surface area (Å²) < 4.78 is 0. The number of nitrogens with zero attached hydrogens (tertiary/aromatic N) is 2. The molecule has 5 nitrogen and oxygen atoms in total. The van der Waals surface area contributed by atoms with Crippen LogP contribution in [0.4, 0.5) is 10.6 Å². The Balaban J connectivity index is 2.28. The van der Waals surface area contributed by atoms with E-state index in [9.17, 15) is 4.79 Å². The molecule has 0 bridgehead atoms. The zero-order chi connectivity index (χ0) is 9.97. The molecule has 2 rings (SSSR count). The fourth-order valence-corrected chi connectivity index (χ4v) is 1.16. The second kappa shape index (κ2) is 3.47. The molecule has 0 aromatic carbocycles. The van der Waals surface area contributed by atoms with E-state index in [1.54, 1.807) is 24.4 Å². The standard InChI is InChI=1S/C9H9N3O2/c13-8-4-6-12(9(14)11-8)7-3-1-2-5-10-7/h1-6,8,13H,(H,11,14). The molecule has 1 aromatic heterocycles. The zero-order valence-corrected chi connectivity index (χ0v) is 7.29. The molecule has 1 unspecified atom stereocenters. The van der Waals surface area contributed by atoms with Gasteiger partial charge < -0.3 is 10.4 Å². The Morgan fingerprint density at radius 2 is 2.36 bits per heavy atom. The van der Waals surface area contributed by atoms with Gasteiger partial charge >= 0.3 is 6.03 Å². The third-order valence-corrected chi connectivity index (χ3v) is 1.80. The van der Waals surface area contributed by atoms with Crippen molar-refractivity contribution in [3.05, 3.63) is 36.7 Å².